The lowest BCUT2D eigenvalue weighted by molar-refractivity contribution is 0.304. The molecule has 1 heterocycles. The van der Waals surface area contributed by atoms with Crippen molar-refractivity contribution in [1.82, 2.24) is 4.98 Å². The predicted octanol–water partition coefficient (Wildman–Crippen LogP) is 4.76. The number of pyridine rings is 1. The van der Waals surface area contributed by atoms with Crippen LogP contribution in [0.4, 0.5) is 0 Å². The highest BCUT2D eigenvalue weighted by Gasteiger charge is 2.10. The van der Waals surface area contributed by atoms with E-state index in [2.05, 4.69) is 27.0 Å². The molecule has 3 aromatic rings. The lowest BCUT2D eigenvalue weighted by atomic mass is 10.1. The van der Waals surface area contributed by atoms with Gasteiger partial charge >= 0.3 is 0 Å². The summed E-state index contributed by atoms with van der Waals surface area (Å²) in [6.45, 7) is 2.41. The number of aromatic nitrogens is 1. The second kappa shape index (κ2) is 6.17. The molecule has 0 spiro atoms. The zero-order chi connectivity index (χ0) is 15.5. The molecule has 0 aliphatic carbocycles. The summed E-state index contributed by atoms with van der Waals surface area (Å²) in [5.41, 5.74) is 3.24. The molecule has 0 saturated heterocycles. The van der Waals surface area contributed by atoms with E-state index in [1.165, 1.54) is 0 Å². The van der Waals surface area contributed by atoms with Crippen molar-refractivity contribution in [3.63, 3.8) is 0 Å². The van der Waals surface area contributed by atoms with E-state index < -0.39 is 0 Å². The molecule has 4 heteroatoms. The van der Waals surface area contributed by atoms with Crippen LogP contribution in [0.1, 0.15) is 16.8 Å². The van der Waals surface area contributed by atoms with Crippen molar-refractivity contribution in [2.24, 2.45) is 0 Å². The molecule has 0 bridgehead atoms. The molecule has 0 saturated carbocycles. The normalized spacial score (nSPS) is 10.4. The molecule has 0 radical (unpaired) electrons. The molecule has 0 aliphatic rings. The van der Waals surface area contributed by atoms with Gasteiger partial charge in [-0.15, -0.1) is 0 Å². The van der Waals surface area contributed by atoms with Gasteiger partial charge in [-0.1, -0.05) is 46.3 Å². The standard InChI is InChI=1S/C18H13BrN2O/c1-12-7-15(19)14-9-18(17(10-20)21-16(14)8-12)22-11-13-5-3-2-4-6-13/h2-9H,11H2,1H3. The third kappa shape index (κ3) is 2.95. The Bertz CT molecular complexity index is 870. The largest absolute Gasteiger partial charge is 0.486 e. The fraction of sp³-hybridized carbons (Fsp3) is 0.111. The number of rotatable bonds is 3. The number of hydrogen-bond acceptors (Lipinski definition) is 3. The summed E-state index contributed by atoms with van der Waals surface area (Å²) in [5.74, 6) is 0.503. The van der Waals surface area contributed by atoms with Gasteiger partial charge < -0.3 is 4.74 Å². The van der Waals surface area contributed by atoms with Gasteiger partial charge in [-0.05, 0) is 36.2 Å². The van der Waals surface area contributed by atoms with Crippen molar-refractivity contribution >= 4 is 26.8 Å². The second-order valence-electron chi connectivity index (χ2n) is 5.03. The van der Waals surface area contributed by atoms with Crippen molar-refractivity contribution in [3.05, 3.63) is 69.8 Å². The maximum absolute atomic E-state index is 9.31. The van der Waals surface area contributed by atoms with Crippen LogP contribution < -0.4 is 4.74 Å². The Balaban J connectivity index is 2.00. The molecule has 3 nitrogen and oxygen atoms in total. The fourth-order valence-electron chi connectivity index (χ4n) is 2.27. The van der Waals surface area contributed by atoms with E-state index >= 15 is 0 Å². The van der Waals surface area contributed by atoms with Gasteiger partial charge in [-0.2, -0.15) is 5.26 Å². The smallest absolute Gasteiger partial charge is 0.183 e. The molecule has 0 unspecified atom stereocenters. The van der Waals surface area contributed by atoms with E-state index in [1.807, 2.05) is 55.5 Å². The number of benzene rings is 2. The lowest BCUT2D eigenvalue weighted by Crippen LogP contribution is -1.99. The van der Waals surface area contributed by atoms with Crippen molar-refractivity contribution in [2.75, 3.05) is 0 Å². The Morgan fingerprint density at radius 2 is 1.95 bits per heavy atom. The van der Waals surface area contributed by atoms with Gasteiger partial charge in [0.25, 0.3) is 0 Å². The molecule has 0 atom stereocenters. The predicted molar refractivity (Wildman–Crippen MR) is 89.7 cm³/mol. The van der Waals surface area contributed by atoms with Crippen LogP contribution in [0.5, 0.6) is 5.75 Å². The maximum atomic E-state index is 9.31. The quantitative estimate of drug-likeness (QED) is 0.682. The van der Waals surface area contributed by atoms with Crippen LogP contribution in [0.15, 0.2) is 53.0 Å². The van der Waals surface area contributed by atoms with Crippen LogP contribution >= 0.6 is 15.9 Å². The Kier molecular flexibility index (Phi) is 4.08. The zero-order valence-corrected chi connectivity index (χ0v) is 13.6. The number of aryl methyl sites for hydroxylation is 1. The van der Waals surface area contributed by atoms with E-state index in [0.717, 1.165) is 26.5 Å². The molecule has 1 aromatic heterocycles. The highest BCUT2D eigenvalue weighted by molar-refractivity contribution is 9.10. The molecule has 3 rings (SSSR count). The number of ether oxygens (including phenoxy) is 1. The summed E-state index contributed by atoms with van der Waals surface area (Å²) in [7, 11) is 0. The second-order valence-corrected chi connectivity index (χ2v) is 5.89. The summed E-state index contributed by atoms with van der Waals surface area (Å²) in [4.78, 5) is 4.41. The molecule has 0 fully saturated rings. The van der Waals surface area contributed by atoms with Crippen LogP contribution in [-0.4, -0.2) is 4.98 Å². The third-order valence-corrected chi connectivity index (χ3v) is 3.99. The van der Waals surface area contributed by atoms with Gasteiger partial charge in [0.15, 0.2) is 11.4 Å². The van der Waals surface area contributed by atoms with Crippen molar-refractivity contribution < 1.29 is 4.74 Å². The molecular weight excluding hydrogens is 340 g/mol. The van der Waals surface area contributed by atoms with E-state index in [0.29, 0.717) is 18.1 Å². The molecule has 0 amide bonds. The van der Waals surface area contributed by atoms with E-state index in [9.17, 15) is 5.26 Å². The maximum Gasteiger partial charge on any atom is 0.183 e. The average molecular weight is 353 g/mol. The van der Waals surface area contributed by atoms with Crippen LogP contribution in [-0.2, 0) is 6.61 Å². The molecule has 0 aliphatic heterocycles. The van der Waals surface area contributed by atoms with Crippen molar-refractivity contribution in [3.8, 4) is 11.8 Å². The molecule has 0 N–H and O–H groups in total. The topological polar surface area (TPSA) is 45.9 Å². The van der Waals surface area contributed by atoms with Gasteiger partial charge in [0, 0.05) is 9.86 Å². The Morgan fingerprint density at radius 3 is 2.68 bits per heavy atom. The van der Waals surface area contributed by atoms with E-state index in [1.54, 1.807) is 0 Å². The van der Waals surface area contributed by atoms with Gasteiger partial charge in [0.1, 0.15) is 12.7 Å². The molecular formula is C18H13BrN2O. The highest BCUT2D eigenvalue weighted by atomic mass is 79.9. The van der Waals surface area contributed by atoms with Crippen LogP contribution in [0, 0.1) is 18.3 Å². The summed E-state index contributed by atoms with van der Waals surface area (Å²) >= 11 is 3.55. The summed E-state index contributed by atoms with van der Waals surface area (Å²) in [5, 5.41) is 10.2. The molecule has 22 heavy (non-hydrogen) atoms. The van der Waals surface area contributed by atoms with E-state index in [-0.39, 0.29) is 0 Å². The first-order chi connectivity index (χ1) is 10.7. The monoisotopic (exact) mass is 352 g/mol. The Labute approximate surface area is 137 Å². The Morgan fingerprint density at radius 1 is 1.18 bits per heavy atom. The number of fused-ring (bicyclic) bond motifs is 1. The zero-order valence-electron chi connectivity index (χ0n) is 12.0. The molecule has 108 valence electrons. The number of nitriles is 1. The number of halogens is 1. The lowest BCUT2D eigenvalue weighted by Gasteiger charge is -2.10. The van der Waals surface area contributed by atoms with Gasteiger partial charge in [0.2, 0.25) is 0 Å². The minimum absolute atomic E-state index is 0.306. The first kappa shape index (κ1) is 14.6. The van der Waals surface area contributed by atoms with Crippen molar-refractivity contribution in [2.45, 2.75) is 13.5 Å². The van der Waals surface area contributed by atoms with E-state index in [4.69, 9.17) is 4.74 Å². The minimum atomic E-state index is 0.306. The highest BCUT2D eigenvalue weighted by Crippen LogP contribution is 2.30. The van der Waals surface area contributed by atoms with Gasteiger partial charge in [-0.3, -0.25) is 0 Å². The number of nitrogens with zero attached hydrogens (tertiary/aromatic N) is 2. The van der Waals surface area contributed by atoms with Crippen LogP contribution in [0.25, 0.3) is 10.9 Å². The molecule has 2 aromatic carbocycles. The summed E-state index contributed by atoms with van der Waals surface area (Å²) in [6, 6.07) is 17.8. The first-order valence-electron chi connectivity index (χ1n) is 6.85. The van der Waals surface area contributed by atoms with Crippen LogP contribution in [0.3, 0.4) is 0 Å². The van der Waals surface area contributed by atoms with Crippen LogP contribution in [0.2, 0.25) is 0 Å². The number of hydrogen-bond donors (Lipinski definition) is 0. The minimum Gasteiger partial charge on any atom is -0.486 e. The van der Waals surface area contributed by atoms with Gasteiger partial charge in [0.05, 0.1) is 5.52 Å². The summed E-state index contributed by atoms with van der Waals surface area (Å²) < 4.78 is 6.75. The SMILES string of the molecule is Cc1cc(Br)c2cc(OCc3ccccc3)c(C#N)nc2c1. The third-order valence-electron chi connectivity index (χ3n) is 3.34. The Hall–Kier alpha value is -2.38. The van der Waals surface area contributed by atoms with Crippen molar-refractivity contribution in [1.29, 1.82) is 5.26 Å². The summed E-state index contributed by atoms with van der Waals surface area (Å²) in [6.07, 6.45) is 0. The fourth-order valence-corrected chi connectivity index (χ4v) is 2.95. The average Bonchev–Trinajstić information content (AvgIpc) is 2.53. The van der Waals surface area contributed by atoms with Gasteiger partial charge in [-0.25, -0.2) is 4.98 Å². The first-order valence-corrected chi connectivity index (χ1v) is 7.64.